The summed E-state index contributed by atoms with van der Waals surface area (Å²) in [5.74, 6) is 0.811. The monoisotopic (exact) mass is 223 g/mol. The topological polar surface area (TPSA) is 47.3 Å². The van der Waals surface area contributed by atoms with Gasteiger partial charge in [-0.1, -0.05) is 0 Å². The molecule has 0 saturated heterocycles. The third kappa shape index (κ3) is 1.50. The fraction of sp³-hybridized carbons (Fsp3) is 0. The lowest BCUT2D eigenvalue weighted by Gasteiger charge is -2.01. The van der Waals surface area contributed by atoms with Crippen LogP contribution in [0.1, 0.15) is 10.4 Å². The molecule has 3 aromatic heterocycles. The van der Waals surface area contributed by atoms with Crippen LogP contribution in [0.15, 0.2) is 49.1 Å². The molecule has 0 unspecified atom stereocenters. The van der Waals surface area contributed by atoms with Crippen molar-refractivity contribution >= 4 is 11.8 Å². The van der Waals surface area contributed by atoms with Gasteiger partial charge in [-0.25, -0.2) is 4.98 Å². The summed E-state index contributed by atoms with van der Waals surface area (Å²) in [6, 6.07) is 7.40. The average Bonchev–Trinajstić information content (AvgIpc) is 2.83. The van der Waals surface area contributed by atoms with Gasteiger partial charge in [-0.15, -0.1) is 0 Å². The van der Waals surface area contributed by atoms with Gasteiger partial charge in [0.25, 0.3) is 0 Å². The number of nitrogens with zero attached hydrogens (tertiary/aromatic N) is 3. The van der Waals surface area contributed by atoms with Gasteiger partial charge < -0.3 is 0 Å². The first-order chi connectivity index (χ1) is 8.40. The van der Waals surface area contributed by atoms with E-state index in [1.54, 1.807) is 24.7 Å². The molecule has 0 N–H and O–H groups in total. The van der Waals surface area contributed by atoms with Gasteiger partial charge in [0.15, 0.2) is 6.29 Å². The van der Waals surface area contributed by atoms with Crippen LogP contribution >= 0.6 is 0 Å². The minimum atomic E-state index is 0.639. The minimum absolute atomic E-state index is 0.639. The van der Waals surface area contributed by atoms with Gasteiger partial charge in [0, 0.05) is 29.7 Å². The van der Waals surface area contributed by atoms with Gasteiger partial charge in [-0.05, 0) is 24.3 Å². The van der Waals surface area contributed by atoms with Crippen molar-refractivity contribution in [3.63, 3.8) is 0 Å². The summed E-state index contributed by atoms with van der Waals surface area (Å²) in [6.07, 6.45) is 7.89. The molecule has 4 nitrogen and oxygen atoms in total. The fourth-order valence-corrected chi connectivity index (χ4v) is 1.86. The third-order valence-electron chi connectivity index (χ3n) is 2.67. The summed E-state index contributed by atoms with van der Waals surface area (Å²) in [7, 11) is 0. The molecule has 0 aromatic carbocycles. The summed E-state index contributed by atoms with van der Waals surface area (Å²) in [6.45, 7) is 0. The van der Waals surface area contributed by atoms with Crippen LogP contribution in [0.25, 0.3) is 16.9 Å². The molecule has 0 fully saturated rings. The first-order valence-corrected chi connectivity index (χ1v) is 5.22. The number of imidazole rings is 1. The molecule has 0 aliphatic carbocycles. The molecule has 0 atom stereocenters. The molecule has 3 rings (SSSR count). The molecular weight excluding hydrogens is 214 g/mol. The zero-order valence-electron chi connectivity index (χ0n) is 8.95. The normalized spacial score (nSPS) is 10.6. The Kier molecular flexibility index (Phi) is 2.19. The number of aromatic nitrogens is 3. The first kappa shape index (κ1) is 9.72. The maximum absolute atomic E-state index is 10.9. The van der Waals surface area contributed by atoms with Crippen LogP contribution in [0.4, 0.5) is 0 Å². The van der Waals surface area contributed by atoms with E-state index in [2.05, 4.69) is 9.97 Å². The highest BCUT2D eigenvalue weighted by molar-refractivity contribution is 5.86. The quantitative estimate of drug-likeness (QED) is 0.626. The second-order valence-corrected chi connectivity index (χ2v) is 3.65. The van der Waals surface area contributed by atoms with E-state index in [-0.39, 0.29) is 0 Å². The number of hydrogen-bond donors (Lipinski definition) is 0. The van der Waals surface area contributed by atoms with E-state index in [4.69, 9.17) is 0 Å². The zero-order valence-corrected chi connectivity index (χ0v) is 8.95. The Hall–Kier alpha value is -2.49. The van der Waals surface area contributed by atoms with Gasteiger partial charge in [0.2, 0.25) is 0 Å². The molecule has 0 spiro atoms. The Labute approximate surface area is 97.6 Å². The molecule has 4 heteroatoms. The molecule has 3 heterocycles. The second kappa shape index (κ2) is 3.83. The Morgan fingerprint density at radius 3 is 2.76 bits per heavy atom. The van der Waals surface area contributed by atoms with Crippen molar-refractivity contribution in [1.82, 2.24) is 14.4 Å². The van der Waals surface area contributed by atoms with Gasteiger partial charge in [0.05, 0.1) is 11.7 Å². The predicted octanol–water partition coefficient (Wildman–Crippen LogP) is 2.21. The Bertz CT molecular complexity index is 673. The van der Waals surface area contributed by atoms with Crippen molar-refractivity contribution in [2.75, 3.05) is 0 Å². The van der Waals surface area contributed by atoms with Crippen LogP contribution in [0.5, 0.6) is 0 Å². The van der Waals surface area contributed by atoms with Crippen molar-refractivity contribution in [3.05, 3.63) is 54.6 Å². The average molecular weight is 223 g/mol. The van der Waals surface area contributed by atoms with E-state index >= 15 is 0 Å². The van der Waals surface area contributed by atoms with Crippen LogP contribution < -0.4 is 0 Å². The van der Waals surface area contributed by atoms with Crippen LogP contribution in [0, 0.1) is 0 Å². The van der Waals surface area contributed by atoms with Gasteiger partial charge in [-0.3, -0.25) is 14.2 Å². The Morgan fingerprint density at radius 1 is 1.18 bits per heavy atom. The van der Waals surface area contributed by atoms with Crippen LogP contribution in [-0.2, 0) is 0 Å². The van der Waals surface area contributed by atoms with E-state index in [1.807, 2.05) is 28.8 Å². The Balaban J connectivity index is 2.30. The van der Waals surface area contributed by atoms with Gasteiger partial charge in [-0.2, -0.15) is 0 Å². The third-order valence-corrected chi connectivity index (χ3v) is 2.67. The van der Waals surface area contributed by atoms with E-state index in [1.165, 1.54) is 0 Å². The maximum Gasteiger partial charge on any atom is 0.152 e. The van der Waals surface area contributed by atoms with Gasteiger partial charge >= 0.3 is 0 Å². The van der Waals surface area contributed by atoms with Crippen molar-refractivity contribution in [2.24, 2.45) is 0 Å². The number of hydrogen-bond acceptors (Lipinski definition) is 3. The molecule has 3 aromatic rings. The fourth-order valence-electron chi connectivity index (χ4n) is 1.86. The largest absolute Gasteiger partial charge is 0.299 e. The lowest BCUT2D eigenvalue weighted by atomic mass is 10.2. The number of rotatable bonds is 2. The zero-order chi connectivity index (χ0) is 11.7. The number of pyridine rings is 2. The summed E-state index contributed by atoms with van der Waals surface area (Å²) in [5.41, 5.74) is 2.43. The molecule has 0 radical (unpaired) electrons. The molecule has 0 amide bonds. The number of aldehydes is 1. The van der Waals surface area contributed by atoms with Crippen molar-refractivity contribution < 1.29 is 4.79 Å². The van der Waals surface area contributed by atoms with E-state index in [0.717, 1.165) is 23.2 Å². The lowest BCUT2D eigenvalue weighted by molar-refractivity contribution is 0.112. The summed E-state index contributed by atoms with van der Waals surface area (Å²) >= 11 is 0. The Morgan fingerprint density at radius 2 is 2.00 bits per heavy atom. The molecule has 0 aliphatic rings. The molecule has 17 heavy (non-hydrogen) atoms. The summed E-state index contributed by atoms with van der Waals surface area (Å²) in [4.78, 5) is 19.2. The van der Waals surface area contributed by atoms with E-state index in [0.29, 0.717) is 5.56 Å². The van der Waals surface area contributed by atoms with Crippen molar-refractivity contribution in [3.8, 4) is 11.4 Å². The van der Waals surface area contributed by atoms with Crippen LogP contribution in [0.2, 0.25) is 0 Å². The first-order valence-electron chi connectivity index (χ1n) is 5.22. The number of carbonyl (C=O) groups is 1. The summed E-state index contributed by atoms with van der Waals surface area (Å²) in [5, 5.41) is 0. The highest BCUT2D eigenvalue weighted by Gasteiger charge is 2.07. The standard InChI is InChI=1S/C13H9N3O/c17-9-11-2-1-7-16-12(11)8-15-13(16)10-3-5-14-6-4-10/h1-9H. The lowest BCUT2D eigenvalue weighted by Crippen LogP contribution is -1.91. The highest BCUT2D eigenvalue weighted by Crippen LogP contribution is 2.20. The molecular formula is C13H9N3O. The number of fused-ring (bicyclic) bond motifs is 1. The van der Waals surface area contributed by atoms with Crippen molar-refractivity contribution in [1.29, 1.82) is 0 Å². The summed E-state index contributed by atoms with van der Waals surface area (Å²) < 4.78 is 1.90. The SMILES string of the molecule is O=Cc1cccn2c(-c3ccncc3)ncc12. The minimum Gasteiger partial charge on any atom is -0.299 e. The molecule has 82 valence electrons. The molecule has 0 saturated carbocycles. The van der Waals surface area contributed by atoms with E-state index in [9.17, 15) is 4.79 Å². The van der Waals surface area contributed by atoms with E-state index < -0.39 is 0 Å². The highest BCUT2D eigenvalue weighted by atomic mass is 16.1. The van der Waals surface area contributed by atoms with Gasteiger partial charge in [0.1, 0.15) is 5.82 Å². The molecule has 0 aliphatic heterocycles. The van der Waals surface area contributed by atoms with Crippen molar-refractivity contribution in [2.45, 2.75) is 0 Å². The van der Waals surface area contributed by atoms with Crippen LogP contribution in [0.3, 0.4) is 0 Å². The predicted molar refractivity (Wildman–Crippen MR) is 63.8 cm³/mol. The maximum atomic E-state index is 10.9. The molecule has 0 bridgehead atoms. The second-order valence-electron chi connectivity index (χ2n) is 3.65. The smallest absolute Gasteiger partial charge is 0.152 e. The number of carbonyl (C=O) groups excluding carboxylic acids is 1. The van der Waals surface area contributed by atoms with Crippen LogP contribution in [-0.4, -0.2) is 20.7 Å².